The number of hydrogen-bond acceptors (Lipinski definition) is 4. The molecule has 1 aliphatic rings. The summed E-state index contributed by atoms with van der Waals surface area (Å²) < 4.78 is 11.3. The second-order valence-corrected chi connectivity index (χ2v) is 6.38. The summed E-state index contributed by atoms with van der Waals surface area (Å²) in [4.78, 5) is 0. The molecular formula is C13H19N3O2S. The predicted molar refractivity (Wildman–Crippen MR) is 76.7 cm³/mol. The van der Waals surface area contributed by atoms with Crippen molar-refractivity contribution in [3.8, 4) is 0 Å². The fourth-order valence-corrected chi connectivity index (χ4v) is 3.41. The van der Waals surface area contributed by atoms with E-state index >= 15 is 0 Å². The van der Waals surface area contributed by atoms with E-state index in [4.69, 9.17) is 10.9 Å². The Kier molecular flexibility index (Phi) is 4.93. The van der Waals surface area contributed by atoms with Crippen LogP contribution >= 0.6 is 0 Å². The Morgan fingerprint density at radius 1 is 1.37 bits per heavy atom. The van der Waals surface area contributed by atoms with Crippen LogP contribution in [0.1, 0.15) is 24.0 Å². The van der Waals surface area contributed by atoms with E-state index in [0.717, 1.165) is 36.5 Å². The van der Waals surface area contributed by atoms with Crippen LogP contribution in [-0.2, 0) is 17.3 Å². The predicted octanol–water partition coefficient (Wildman–Crippen LogP) is 0.782. The zero-order valence-corrected chi connectivity index (χ0v) is 11.5. The first-order valence-electron chi connectivity index (χ1n) is 6.34. The maximum atomic E-state index is 11.3. The van der Waals surface area contributed by atoms with Crippen molar-refractivity contribution < 1.29 is 9.42 Å². The minimum absolute atomic E-state index is 0.120. The molecule has 2 rings (SSSR count). The van der Waals surface area contributed by atoms with E-state index in [1.54, 1.807) is 0 Å². The lowest BCUT2D eigenvalue weighted by Crippen LogP contribution is -2.35. The summed E-state index contributed by atoms with van der Waals surface area (Å²) in [5.74, 6) is 1.73. The van der Waals surface area contributed by atoms with Gasteiger partial charge in [-0.1, -0.05) is 29.4 Å². The average molecular weight is 281 g/mol. The molecule has 0 radical (unpaired) electrons. The smallest absolute Gasteiger partial charge is 0.170 e. The monoisotopic (exact) mass is 281 g/mol. The summed E-state index contributed by atoms with van der Waals surface area (Å²) in [5.41, 5.74) is 7.37. The van der Waals surface area contributed by atoms with Gasteiger partial charge in [-0.25, -0.2) is 0 Å². The van der Waals surface area contributed by atoms with Gasteiger partial charge in [-0.2, -0.15) is 0 Å². The van der Waals surface area contributed by atoms with Crippen LogP contribution in [0.25, 0.3) is 0 Å². The lowest BCUT2D eigenvalue weighted by molar-refractivity contribution is 0.318. The van der Waals surface area contributed by atoms with E-state index in [0.29, 0.717) is 11.6 Å². The van der Waals surface area contributed by atoms with Crippen LogP contribution in [0.5, 0.6) is 0 Å². The Balaban J connectivity index is 1.85. The zero-order valence-electron chi connectivity index (χ0n) is 10.7. The van der Waals surface area contributed by atoms with Gasteiger partial charge in [0.1, 0.15) is 0 Å². The lowest BCUT2D eigenvalue weighted by atomic mass is 10.1. The first-order chi connectivity index (χ1) is 9.19. The highest BCUT2D eigenvalue weighted by atomic mass is 32.2. The Morgan fingerprint density at radius 2 is 2.00 bits per heavy atom. The van der Waals surface area contributed by atoms with Crippen LogP contribution in [0.4, 0.5) is 0 Å². The number of nitrogens with one attached hydrogen (secondary N) is 1. The first kappa shape index (κ1) is 14.0. The maximum Gasteiger partial charge on any atom is 0.170 e. The van der Waals surface area contributed by atoms with Gasteiger partial charge in [0.25, 0.3) is 0 Å². The number of oxime groups is 1. The first-order valence-corrected chi connectivity index (χ1v) is 7.83. The summed E-state index contributed by atoms with van der Waals surface area (Å²) in [6, 6.07) is 8.05. The molecule has 0 spiro atoms. The van der Waals surface area contributed by atoms with Gasteiger partial charge in [-0.3, -0.25) is 4.21 Å². The van der Waals surface area contributed by atoms with Crippen molar-refractivity contribution in [2.24, 2.45) is 10.9 Å². The largest absolute Gasteiger partial charge is 0.409 e. The molecule has 0 atom stereocenters. The third-order valence-corrected chi connectivity index (χ3v) is 4.72. The summed E-state index contributed by atoms with van der Waals surface area (Å²) in [7, 11) is -0.609. The SMILES string of the molecule is N/C(=N/O)c1ccc(CNC2CCS(=O)CC2)cc1. The molecule has 104 valence electrons. The molecule has 1 saturated heterocycles. The van der Waals surface area contributed by atoms with E-state index in [-0.39, 0.29) is 5.84 Å². The summed E-state index contributed by atoms with van der Waals surface area (Å²) in [5, 5.41) is 15.0. The number of nitrogens with zero attached hydrogens (tertiary/aromatic N) is 1. The van der Waals surface area contributed by atoms with Gasteiger partial charge in [-0.05, 0) is 18.4 Å². The summed E-state index contributed by atoms with van der Waals surface area (Å²) in [6.45, 7) is 0.785. The molecule has 1 aromatic carbocycles. The molecule has 1 heterocycles. The average Bonchev–Trinajstić information content (AvgIpc) is 2.46. The standard InChI is InChI=1S/C13H19N3O2S/c14-13(16-17)11-3-1-10(2-4-11)9-15-12-5-7-19(18)8-6-12/h1-4,12,15,17H,5-9H2,(H2,14,16). The van der Waals surface area contributed by atoms with Crippen molar-refractivity contribution in [2.75, 3.05) is 11.5 Å². The summed E-state index contributed by atoms with van der Waals surface area (Å²) in [6.07, 6.45) is 1.96. The van der Waals surface area contributed by atoms with Crippen LogP contribution in [0.3, 0.4) is 0 Å². The Hall–Kier alpha value is -1.40. The van der Waals surface area contributed by atoms with Crippen molar-refractivity contribution in [2.45, 2.75) is 25.4 Å². The molecule has 1 aromatic rings. The minimum atomic E-state index is -0.609. The molecule has 4 N–H and O–H groups in total. The lowest BCUT2D eigenvalue weighted by Gasteiger charge is -2.22. The van der Waals surface area contributed by atoms with Crippen LogP contribution in [0.2, 0.25) is 0 Å². The molecule has 0 amide bonds. The quantitative estimate of drug-likeness (QED) is 0.329. The maximum absolute atomic E-state index is 11.3. The Bertz CT molecular complexity index is 463. The normalized spacial score (nSPS) is 24.3. The molecule has 0 saturated carbocycles. The minimum Gasteiger partial charge on any atom is -0.409 e. The third kappa shape index (κ3) is 4.04. The van der Waals surface area contributed by atoms with Crippen LogP contribution < -0.4 is 11.1 Å². The van der Waals surface area contributed by atoms with Crippen molar-refractivity contribution in [3.63, 3.8) is 0 Å². The highest BCUT2D eigenvalue weighted by Crippen LogP contribution is 2.11. The van der Waals surface area contributed by atoms with Gasteiger partial charge in [0.15, 0.2) is 5.84 Å². The number of rotatable bonds is 4. The molecule has 19 heavy (non-hydrogen) atoms. The molecule has 0 unspecified atom stereocenters. The Labute approximate surface area is 115 Å². The molecule has 0 bridgehead atoms. The van der Waals surface area contributed by atoms with Crippen LogP contribution in [-0.4, -0.2) is 32.8 Å². The van der Waals surface area contributed by atoms with Crippen molar-refractivity contribution >= 4 is 16.6 Å². The second kappa shape index (κ2) is 6.68. The van der Waals surface area contributed by atoms with Gasteiger partial charge >= 0.3 is 0 Å². The highest BCUT2D eigenvalue weighted by Gasteiger charge is 2.16. The van der Waals surface area contributed by atoms with Gasteiger partial charge < -0.3 is 16.3 Å². The zero-order chi connectivity index (χ0) is 13.7. The molecular weight excluding hydrogens is 262 g/mol. The fourth-order valence-electron chi connectivity index (χ4n) is 2.11. The Morgan fingerprint density at radius 3 is 2.58 bits per heavy atom. The van der Waals surface area contributed by atoms with Crippen molar-refractivity contribution in [1.29, 1.82) is 0 Å². The summed E-state index contributed by atoms with van der Waals surface area (Å²) >= 11 is 0. The number of nitrogens with two attached hydrogens (primary N) is 1. The number of hydrogen-bond donors (Lipinski definition) is 3. The van der Waals surface area contributed by atoms with E-state index in [1.165, 1.54) is 0 Å². The van der Waals surface area contributed by atoms with E-state index in [2.05, 4.69) is 10.5 Å². The number of amidine groups is 1. The van der Waals surface area contributed by atoms with Crippen LogP contribution in [0.15, 0.2) is 29.4 Å². The molecule has 5 nitrogen and oxygen atoms in total. The topological polar surface area (TPSA) is 87.7 Å². The van der Waals surface area contributed by atoms with Gasteiger partial charge in [-0.15, -0.1) is 0 Å². The molecule has 1 aliphatic heterocycles. The highest BCUT2D eigenvalue weighted by molar-refractivity contribution is 7.85. The van der Waals surface area contributed by atoms with Crippen molar-refractivity contribution in [1.82, 2.24) is 5.32 Å². The molecule has 0 aliphatic carbocycles. The number of benzene rings is 1. The molecule has 6 heteroatoms. The van der Waals surface area contributed by atoms with Crippen LogP contribution in [0, 0.1) is 0 Å². The second-order valence-electron chi connectivity index (χ2n) is 4.69. The van der Waals surface area contributed by atoms with E-state index in [9.17, 15) is 4.21 Å². The molecule has 1 fully saturated rings. The third-order valence-electron chi connectivity index (χ3n) is 3.34. The van der Waals surface area contributed by atoms with Gasteiger partial charge in [0.2, 0.25) is 0 Å². The molecule has 0 aromatic heterocycles. The van der Waals surface area contributed by atoms with E-state index < -0.39 is 10.8 Å². The van der Waals surface area contributed by atoms with Crippen molar-refractivity contribution in [3.05, 3.63) is 35.4 Å². The van der Waals surface area contributed by atoms with E-state index in [1.807, 2.05) is 24.3 Å². The van der Waals surface area contributed by atoms with Gasteiger partial charge in [0.05, 0.1) is 0 Å². The fraction of sp³-hybridized carbons (Fsp3) is 0.462. The van der Waals surface area contributed by atoms with Gasteiger partial charge in [0, 0.05) is 40.5 Å².